The molecule has 2 rings (SSSR count). The number of anilines is 1. The molecule has 126 valence electrons. The third kappa shape index (κ3) is 5.16. The number of benzene rings is 2. The van der Waals surface area contributed by atoms with Crippen LogP contribution in [0.2, 0.25) is 0 Å². The Labute approximate surface area is 143 Å². The number of Topliss-reactive ketones (excluding diaryl/α,β-unsaturated/α-hetero) is 1. The molecule has 0 aliphatic heterocycles. The van der Waals surface area contributed by atoms with Crippen molar-refractivity contribution in [3.63, 3.8) is 0 Å². The van der Waals surface area contributed by atoms with Crippen LogP contribution in [0.1, 0.15) is 30.1 Å². The Morgan fingerprint density at radius 2 is 1.75 bits per heavy atom. The molecule has 24 heavy (non-hydrogen) atoms. The molecule has 0 aliphatic carbocycles. The first-order valence-electron chi connectivity index (χ1n) is 7.50. The lowest BCUT2D eigenvalue weighted by Crippen LogP contribution is -2.10. The highest BCUT2D eigenvalue weighted by molar-refractivity contribution is 8.00. The summed E-state index contributed by atoms with van der Waals surface area (Å²) in [4.78, 5) is 24.1. The van der Waals surface area contributed by atoms with E-state index in [4.69, 9.17) is 0 Å². The second-order valence-electron chi connectivity index (χ2n) is 5.16. The number of rotatable bonds is 7. The summed E-state index contributed by atoms with van der Waals surface area (Å²) in [6.45, 7) is 1.92. The zero-order chi connectivity index (χ0) is 17.5. The SMILES string of the molecule is CCCC(=O)Nc1ccc(C(=O)CSc2ccc(F)c(F)c2)cc1. The normalized spacial score (nSPS) is 10.5. The van der Waals surface area contributed by atoms with Gasteiger partial charge >= 0.3 is 0 Å². The van der Waals surface area contributed by atoms with Crippen molar-refractivity contribution in [2.24, 2.45) is 0 Å². The average Bonchev–Trinajstić information content (AvgIpc) is 2.56. The molecule has 0 aromatic heterocycles. The first kappa shape index (κ1) is 18.1. The average molecular weight is 349 g/mol. The molecule has 0 saturated carbocycles. The van der Waals surface area contributed by atoms with Crippen molar-refractivity contribution in [2.75, 3.05) is 11.1 Å². The Morgan fingerprint density at radius 1 is 1.04 bits per heavy atom. The highest BCUT2D eigenvalue weighted by Crippen LogP contribution is 2.22. The van der Waals surface area contributed by atoms with E-state index in [9.17, 15) is 18.4 Å². The van der Waals surface area contributed by atoms with Crippen LogP contribution < -0.4 is 5.32 Å². The molecule has 0 fully saturated rings. The number of carbonyl (C=O) groups excluding carboxylic acids is 2. The summed E-state index contributed by atoms with van der Waals surface area (Å²) in [6, 6.07) is 10.1. The smallest absolute Gasteiger partial charge is 0.224 e. The summed E-state index contributed by atoms with van der Waals surface area (Å²) in [5.41, 5.74) is 1.14. The molecule has 2 aromatic rings. The maximum absolute atomic E-state index is 13.1. The van der Waals surface area contributed by atoms with Gasteiger partial charge in [-0.3, -0.25) is 9.59 Å². The van der Waals surface area contributed by atoms with Gasteiger partial charge < -0.3 is 5.32 Å². The van der Waals surface area contributed by atoms with Crippen LogP contribution in [0.25, 0.3) is 0 Å². The summed E-state index contributed by atoms with van der Waals surface area (Å²) >= 11 is 1.14. The molecule has 2 aromatic carbocycles. The van der Waals surface area contributed by atoms with E-state index in [-0.39, 0.29) is 17.4 Å². The minimum Gasteiger partial charge on any atom is -0.326 e. The molecule has 0 aliphatic rings. The maximum Gasteiger partial charge on any atom is 0.224 e. The Bertz CT molecular complexity index is 732. The predicted molar refractivity (Wildman–Crippen MR) is 91.4 cm³/mol. The Hall–Kier alpha value is -2.21. The monoisotopic (exact) mass is 349 g/mol. The molecule has 0 atom stereocenters. The van der Waals surface area contributed by atoms with Gasteiger partial charge in [0.2, 0.25) is 5.91 Å². The van der Waals surface area contributed by atoms with Gasteiger partial charge in [0.1, 0.15) is 0 Å². The van der Waals surface area contributed by atoms with Gasteiger partial charge in [-0.2, -0.15) is 0 Å². The van der Waals surface area contributed by atoms with Crippen molar-refractivity contribution >= 4 is 29.1 Å². The van der Waals surface area contributed by atoms with Crippen molar-refractivity contribution in [1.29, 1.82) is 0 Å². The molecule has 0 bridgehead atoms. The standard InChI is InChI=1S/C18H17F2NO2S/c1-2-3-18(23)21-13-6-4-12(5-7-13)17(22)11-24-14-8-9-15(19)16(20)10-14/h4-10H,2-3,11H2,1H3,(H,21,23). The lowest BCUT2D eigenvalue weighted by atomic mass is 10.1. The zero-order valence-corrected chi connectivity index (χ0v) is 14.0. The van der Waals surface area contributed by atoms with Crippen LogP contribution in [-0.4, -0.2) is 17.4 Å². The molecule has 0 saturated heterocycles. The van der Waals surface area contributed by atoms with E-state index in [0.29, 0.717) is 22.6 Å². The van der Waals surface area contributed by atoms with E-state index >= 15 is 0 Å². The van der Waals surface area contributed by atoms with Crippen molar-refractivity contribution in [3.8, 4) is 0 Å². The maximum atomic E-state index is 13.1. The van der Waals surface area contributed by atoms with Crippen LogP contribution in [0.4, 0.5) is 14.5 Å². The number of nitrogens with one attached hydrogen (secondary N) is 1. The van der Waals surface area contributed by atoms with Gasteiger partial charge in [-0.25, -0.2) is 8.78 Å². The predicted octanol–water partition coefficient (Wildman–Crippen LogP) is 4.68. The summed E-state index contributed by atoms with van der Waals surface area (Å²) in [7, 11) is 0. The Kier molecular flexibility index (Phi) is 6.49. The van der Waals surface area contributed by atoms with Gasteiger partial charge in [0.15, 0.2) is 17.4 Å². The van der Waals surface area contributed by atoms with E-state index in [1.807, 2.05) is 6.92 Å². The number of ketones is 1. The van der Waals surface area contributed by atoms with Gasteiger partial charge in [0, 0.05) is 22.6 Å². The van der Waals surface area contributed by atoms with Crippen LogP contribution in [0.3, 0.4) is 0 Å². The number of thioether (sulfide) groups is 1. The fourth-order valence-corrected chi connectivity index (χ4v) is 2.80. The molecule has 0 spiro atoms. The van der Waals surface area contributed by atoms with E-state index in [1.54, 1.807) is 24.3 Å². The summed E-state index contributed by atoms with van der Waals surface area (Å²) < 4.78 is 26.0. The minimum atomic E-state index is -0.931. The molecule has 0 radical (unpaired) electrons. The molecule has 0 heterocycles. The Morgan fingerprint density at radius 3 is 2.38 bits per heavy atom. The molecule has 1 amide bonds. The van der Waals surface area contributed by atoms with E-state index < -0.39 is 11.6 Å². The van der Waals surface area contributed by atoms with Crippen LogP contribution in [0, 0.1) is 11.6 Å². The molecule has 1 N–H and O–H groups in total. The largest absolute Gasteiger partial charge is 0.326 e. The highest BCUT2D eigenvalue weighted by atomic mass is 32.2. The number of halogens is 2. The van der Waals surface area contributed by atoms with Crippen LogP contribution in [-0.2, 0) is 4.79 Å². The second-order valence-corrected chi connectivity index (χ2v) is 6.21. The molecule has 3 nitrogen and oxygen atoms in total. The summed E-state index contributed by atoms with van der Waals surface area (Å²) in [5.74, 6) is -1.92. The highest BCUT2D eigenvalue weighted by Gasteiger charge is 2.09. The van der Waals surface area contributed by atoms with Crippen molar-refractivity contribution in [2.45, 2.75) is 24.7 Å². The van der Waals surface area contributed by atoms with Crippen LogP contribution in [0.15, 0.2) is 47.4 Å². The van der Waals surface area contributed by atoms with Gasteiger partial charge in [-0.1, -0.05) is 6.92 Å². The molecule has 0 unspecified atom stereocenters. The topological polar surface area (TPSA) is 46.2 Å². The van der Waals surface area contributed by atoms with E-state index in [2.05, 4.69) is 5.32 Å². The second kappa shape index (κ2) is 8.59. The van der Waals surface area contributed by atoms with Crippen molar-refractivity contribution < 1.29 is 18.4 Å². The minimum absolute atomic E-state index is 0.0644. The van der Waals surface area contributed by atoms with E-state index in [1.165, 1.54) is 6.07 Å². The van der Waals surface area contributed by atoms with Crippen molar-refractivity contribution in [3.05, 3.63) is 59.7 Å². The number of hydrogen-bond donors (Lipinski definition) is 1. The van der Waals surface area contributed by atoms with Gasteiger partial charge in [-0.05, 0) is 48.9 Å². The quantitative estimate of drug-likeness (QED) is 0.583. The van der Waals surface area contributed by atoms with E-state index in [0.717, 1.165) is 30.3 Å². The first-order valence-corrected chi connectivity index (χ1v) is 8.49. The first-order chi connectivity index (χ1) is 11.5. The third-order valence-corrected chi connectivity index (χ3v) is 4.22. The molecule has 6 heteroatoms. The summed E-state index contributed by atoms with van der Waals surface area (Å²) in [5, 5.41) is 2.75. The lowest BCUT2D eigenvalue weighted by Gasteiger charge is -2.06. The number of carbonyl (C=O) groups is 2. The molecular weight excluding hydrogens is 332 g/mol. The fraction of sp³-hybridized carbons (Fsp3) is 0.222. The fourth-order valence-electron chi connectivity index (χ4n) is 1.99. The number of amides is 1. The van der Waals surface area contributed by atoms with Gasteiger partial charge in [0.25, 0.3) is 0 Å². The summed E-state index contributed by atoms with van der Waals surface area (Å²) in [6.07, 6.45) is 1.22. The number of hydrogen-bond acceptors (Lipinski definition) is 3. The van der Waals surface area contributed by atoms with Gasteiger partial charge in [-0.15, -0.1) is 11.8 Å². The van der Waals surface area contributed by atoms with Crippen LogP contribution in [0.5, 0.6) is 0 Å². The lowest BCUT2D eigenvalue weighted by molar-refractivity contribution is -0.116. The van der Waals surface area contributed by atoms with Crippen molar-refractivity contribution in [1.82, 2.24) is 0 Å². The van der Waals surface area contributed by atoms with Crippen LogP contribution >= 0.6 is 11.8 Å². The zero-order valence-electron chi connectivity index (χ0n) is 13.1. The van der Waals surface area contributed by atoms with Gasteiger partial charge in [0.05, 0.1) is 5.75 Å². The molecular formula is C18H17F2NO2S. The Balaban J connectivity index is 1.92. The third-order valence-electron chi connectivity index (χ3n) is 3.23.